The molecule has 0 radical (unpaired) electrons. The van der Waals surface area contributed by atoms with Gasteiger partial charge in [0.15, 0.2) is 5.03 Å². The number of hydrogen-bond acceptors (Lipinski definition) is 6. The van der Waals surface area contributed by atoms with Crippen LogP contribution in [0.3, 0.4) is 0 Å². The van der Waals surface area contributed by atoms with E-state index in [9.17, 15) is 20.2 Å². The van der Waals surface area contributed by atoms with E-state index < -0.39 is 21.5 Å². The Hall–Kier alpha value is -2.32. The van der Waals surface area contributed by atoms with Gasteiger partial charge < -0.3 is 0 Å². The summed E-state index contributed by atoms with van der Waals surface area (Å²) in [5.74, 6) is -0.440. The minimum absolute atomic E-state index is 0.440. The Morgan fingerprint density at radius 3 is 2.62 bits per heavy atom. The molecule has 0 aliphatic heterocycles. The van der Waals surface area contributed by atoms with Crippen LogP contribution in [-0.4, -0.2) is 19.9 Å². The molecule has 9 heteroatoms. The van der Waals surface area contributed by atoms with Crippen molar-refractivity contribution in [3.8, 4) is 0 Å². The number of nitro groups is 2. The lowest BCUT2D eigenvalue weighted by Gasteiger charge is -1.95. The lowest BCUT2D eigenvalue weighted by molar-refractivity contribution is -0.447. The third-order valence-corrected chi connectivity index (χ3v) is 1.09. The molecule has 1 rings (SSSR count). The largest absolute Gasteiger partial charge is 0.335 e. The lowest BCUT2D eigenvalue weighted by atomic mass is 10.5. The maximum Gasteiger partial charge on any atom is 0.335 e. The van der Waals surface area contributed by atoms with Gasteiger partial charge in [0.2, 0.25) is 0 Å². The molecule has 0 unspecified atom stereocenters. The lowest BCUT2D eigenvalue weighted by Crippen LogP contribution is -2.11. The second-order valence-electron chi connectivity index (χ2n) is 1.88. The van der Waals surface area contributed by atoms with Crippen molar-refractivity contribution in [1.29, 1.82) is 0 Å². The molecule has 0 fully saturated rings. The summed E-state index contributed by atoms with van der Waals surface area (Å²) in [5, 5.41) is 19.3. The number of hydrogen-bond donors (Lipinski definition) is 1. The normalized spacial score (nSPS) is 9.23. The summed E-state index contributed by atoms with van der Waals surface area (Å²) in [6.07, 6.45) is 1.84. The first-order valence-corrected chi connectivity index (χ1v) is 2.96. The van der Waals surface area contributed by atoms with E-state index in [1.54, 1.807) is 5.43 Å². The van der Waals surface area contributed by atoms with Gasteiger partial charge in [-0.05, 0) is 0 Å². The summed E-state index contributed by atoms with van der Waals surface area (Å²) < 4.78 is 0. The minimum Gasteiger partial charge on any atom is -0.258 e. The monoisotopic (exact) mass is 185 g/mol. The quantitative estimate of drug-likeness (QED) is 0.518. The van der Waals surface area contributed by atoms with E-state index in [2.05, 4.69) is 9.97 Å². The molecule has 1 heterocycles. The first-order chi connectivity index (χ1) is 6.11. The Balaban J connectivity index is 3.04. The number of hydrazine groups is 1. The SMILES string of the molecule is O=[N+]([O-])Nc1ncncc1[N+](=O)[O-]. The van der Waals surface area contributed by atoms with E-state index in [0.29, 0.717) is 0 Å². The first-order valence-electron chi connectivity index (χ1n) is 2.96. The number of nitrogens with one attached hydrogen (secondary N) is 1. The van der Waals surface area contributed by atoms with E-state index in [4.69, 9.17) is 0 Å². The molecule has 0 aliphatic rings. The fourth-order valence-corrected chi connectivity index (χ4v) is 0.629. The highest BCUT2D eigenvalue weighted by atomic mass is 16.7. The van der Waals surface area contributed by atoms with Gasteiger partial charge in [0.05, 0.1) is 4.92 Å². The average Bonchev–Trinajstić information content (AvgIpc) is 2.03. The second kappa shape index (κ2) is 3.38. The Labute approximate surface area is 70.7 Å². The van der Waals surface area contributed by atoms with Crippen molar-refractivity contribution in [3.63, 3.8) is 0 Å². The molecular weight excluding hydrogens is 182 g/mol. The van der Waals surface area contributed by atoms with Crippen LogP contribution in [0.25, 0.3) is 0 Å². The molecule has 0 saturated carbocycles. The smallest absolute Gasteiger partial charge is 0.258 e. The van der Waals surface area contributed by atoms with Gasteiger partial charge in [-0.25, -0.2) is 20.1 Å². The Bertz CT molecular complexity index is 352. The average molecular weight is 185 g/mol. The molecule has 0 atom stereocenters. The number of anilines is 1. The fraction of sp³-hybridized carbons (Fsp3) is 0. The topological polar surface area (TPSA) is 124 Å². The van der Waals surface area contributed by atoms with Gasteiger partial charge in [0.1, 0.15) is 12.5 Å². The predicted molar refractivity (Wildman–Crippen MR) is 39.3 cm³/mol. The minimum atomic E-state index is -0.935. The van der Waals surface area contributed by atoms with Crippen LogP contribution in [0.15, 0.2) is 12.5 Å². The Kier molecular flexibility index (Phi) is 2.28. The van der Waals surface area contributed by atoms with Crippen LogP contribution >= 0.6 is 0 Å². The second-order valence-corrected chi connectivity index (χ2v) is 1.88. The molecule has 0 aromatic carbocycles. The maximum absolute atomic E-state index is 10.3. The number of rotatable bonds is 3. The van der Waals surface area contributed by atoms with Crippen molar-refractivity contribution in [1.82, 2.24) is 9.97 Å². The van der Waals surface area contributed by atoms with Crippen molar-refractivity contribution < 1.29 is 9.96 Å². The molecule has 1 N–H and O–H groups in total. The van der Waals surface area contributed by atoms with Crippen LogP contribution in [-0.2, 0) is 0 Å². The van der Waals surface area contributed by atoms with E-state index in [0.717, 1.165) is 12.5 Å². The van der Waals surface area contributed by atoms with Crippen LogP contribution in [0.1, 0.15) is 0 Å². The van der Waals surface area contributed by atoms with Crippen molar-refractivity contribution in [3.05, 3.63) is 32.8 Å². The number of nitrogens with zero attached hydrogens (tertiary/aromatic N) is 4. The highest BCUT2D eigenvalue weighted by Gasteiger charge is 2.18. The maximum atomic E-state index is 10.3. The van der Waals surface area contributed by atoms with Gasteiger partial charge >= 0.3 is 5.69 Å². The van der Waals surface area contributed by atoms with Crippen molar-refractivity contribution >= 4 is 11.5 Å². The van der Waals surface area contributed by atoms with Gasteiger partial charge in [0, 0.05) is 0 Å². The molecule has 0 spiro atoms. The van der Waals surface area contributed by atoms with Gasteiger partial charge in [-0.3, -0.25) is 10.1 Å². The first kappa shape index (κ1) is 8.77. The molecule has 0 bridgehead atoms. The zero-order chi connectivity index (χ0) is 9.84. The molecular formula is C4H3N5O4. The van der Waals surface area contributed by atoms with Crippen LogP contribution in [0.2, 0.25) is 0 Å². The van der Waals surface area contributed by atoms with Crippen LogP contribution in [0, 0.1) is 20.2 Å². The van der Waals surface area contributed by atoms with Crippen molar-refractivity contribution in [2.75, 3.05) is 5.43 Å². The zero-order valence-corrected chi connectivity index (χ0v) is 6.08. The molecule has 0 amide bonds. The summed E-state index contributed by atoms with van der Waals surface area (Å²) >= 11 is 0. The van der Waals surface area contributed by atoms with E-state index >= 15 is 0 Å². The molecule has 1 aromatic heterocycles. The van der Waals surface area contributed by atoms with Gasteiger partial charge in [-0.2, -0.15) is 0 Å². The molecule has 1 aromatic rings. The Morgan fingerprint density at radius 2 is 2.08 bits per heavy atom. The molecule has 13 heavy (non-hydrogen) atoms. The van der Waals surface area contributed by atoms with E-state index in [1.165, 1.54) is 0 Å². The van der Waals surface area contributed by atoms with E-state index in [1.807, 2.05) is 0 Å². The molecule has 0 aliphatic carbocycles. The molecule has 9 nitrogen and oxygen atoms in total. The summed E-state index contributed by atoms with van der Waals surface area (Å²) in [4.78, 5) is 26.1. The molecule has 68 valence electrons. The third-order valence-electron chi connectivity index (χ3n) is 1.09. The van der Waals surface area contributed by atoms with Gasteiger partial charge in [0.25, 0.3) is 5.82 Å². The Morgan fingerprint density at radius 1 is 1.38 bits per heavy atom. The summed E-state index contributed by atoms with van der Waals surface area (Å²) in [6, 6.07) is 0. The van der Waals surface area contributed by atoms with Crippen LogP contribution in [0.5, 0.6) is 0 Å². The van der Waals surface area contributed by atoms with Gasteiger partial charge in [-0.1, -0.05) is 5.43 Å². The highest BCUT2D eigenvalue weighted by Crippen LogP contribution is 2.18. The summed E-state index contributed by atoms with van der Waals surface area (Å²) in [6.45, 7) is 0. The number of aromatic nitrogens is 2. The summed E-state index contributed by atoms with van der Waals surface area (Å²) in [5.41, 5.74) is 1.04. The predicted octanol–water partition coefficient (Wildman–Crippen LogP) is -0.0116. The van der Waals surface area contributed by atoms with Crippen LogP contribution in [0.4, 0.5) is 11.5 Å². The summed E-state index contributed by atoms with van der Waals surface area (Å²) in [7, 11) is 0. The fourth-order valence-electron chi connectivity index (χ4n) is 0.629. The molecule has 0 saturated heterocycles. The van der Waals surface area contributed by atoms with Crippen molar-refractivity contribution in [2.24, 2.45) is 0 Å². The zero-order valence-electron chi connectivity index (χ0n) is 6.08. The standard InChI is InChI=1S/C4H3N5O4/c10-8(11)3-1-5-2-6-4(3)7-9(12)13/h1-2H,(H,5,6,7). The highest BCUT2D eigenvalue weighted by molar-refractivity contribution is 5.51. The third kappa shape index (κ3) is 2.05. The van der Waals surface area contributed by atoms with Crippen molar-refractivity contribution in [2.45, 2.75) is 0 Å². The van der Waals surface area contributed by atoms with Gasteiger partial charge in [-0.15, -0.1) is 0 Å². The van der Waals surface area contributed by atoms with E-state index in [-0.39, 0.29) is 0 Å². The van der Waals surface area contributed by atoms with Crippen LogP contribution < -0.4 is 5.43 Å².